The van der Waals surface area contributed by atoms with Gasteiger partial charge in [0.1, 0.15) is 0 Å². The Morgan fingerprint density at radius 1 is 2.00 bits per heavy atom. The molecule has 3 heteroatoms. The first-order chi connectivity index (χ1) is 7.72. The van der Waals surface area contributed by atoms with Crippen molar-refractivity contribution in [1.29, 1.82) is 5.26 Å². The van der Waals surface area contributed by atoms with Gasteiger partial charge in [-0.05, 0) is 0 Å². The first kappa shape index (κ1) is 1.52. The lowest BCUT2D eigenvalue weighted by atomic mass is 10.2. The van der Waals surface area contributed by atoms with Gasteiger partial charge in [0, 0.05) is 37.8 Å². The van der Waals surface area contributed by atoms with Gasteiger partial charge in [0.2, 0.25) is 0 Å². The van der Waals surface area contributed by atoms with Crippen LogP contribution in [-0.4, -0.2) is 25.5 Å². The topological polar surface area (TPSA) is 47.9 Å². The molecule has 1 atom stereocenters. The molecule has 3 nitrogen and oxygen atoms in total. The number of nitrogens with one attached hydrogen (secondary N) is 2. The van der Waals surface area contributed by atoms with Gasteiger partial charge in [-0.2, -0.15) is 5.26 Å². The molecule has 9 heavy (non-hydrogen) atoms. The Hall–Kier alpha value is -0.590. The Morgan fingerprint density at radius 2 is 2.89 bits per heavy atom. The van der Waals surface area contributed by atoms with E-state index in [0.29, 0.717) is 0 Å². The molecule has 1 saturated heterocycles. The first-order valence-electron chi connectivity index (χ1n) is 6.72. The normalized spacial score (nSPS) is 68.6. The second-order valence-electron chi connectivity index (χ2n) is 1.24. The fourth-order valence-electron chi connectivity index (χ4n) is 0.368. The maximum absolute atomic E-state index is 8.65. The van der Waals surface area contributed by atoms with Crippen LogP contribution in [0.2, 0.25) is 0 Å². The van der Waals surface area contributed by atoms with E-state index in [0.717, 1.165) is 6.07 Å². The summed E-state index contributed by atoms with van der Waals surface area (Å²) in [5.74, 6) is 0. The third kappa shape index (κ3) is 2.00. The van der Waals surface area contributed by atoms with E-state index in [2.05, 4.69) is 0 Å². The maximum atomic E-state index is 8.65. The molecule has 2 N–H and O–H groups in total. The van der Waals surface area contributed by atoms with E-state index in [4.69, 9.17) is 17.6 Å². The number of nitriles is 1. The second-order valence-corrected chi connectivity index (χ2v) is 1.24. The van der Waals surface area contributed by atoms with Crippen LogP contribution in [0.15, 0.2) is 0 Å². The van der Waals surface area contributed by atoms with Crippen molar-refractivity contribution < 1.29 is 12.3 Å². The van der Waals surface area contributed by atoms with Crippen molar-refractivity contribution in [2.45, 2.75) is 12.4 Å². The highest BCUT2D eigenvalue weighted by Gasteiger charge is 2.09. The molecule has 0 amide bonds. The predicted octanol–water partition coefficient (Wildman–Crippen LogP) is -0.539. The highest BCUT2D eigenvalue weighted by Crippen LogP contribution is 1.90. The Labute approximate surface area is 67.7 Å². The van der Waals surface area contributed by atoms with Crippen molar-refractivity contribution in [1.82, 2.24) is 10.6 Å². The maximum Gasteiger partial charge on any atom is 0.0638 e. The summed E-state index contributed by atoms with van der Waals surface area (Å²) in [5.41, 5.74) is 0. The Kier molecular flexibility index (Phi) is 0.582. The van der Waals surface area contributed by atoms with Gasteiger partial charge in [-0.25, -0.2) is 0 Å². The number of hydrogen-bond donors (Lipinski definition) is 2. The summed E-state index contributed by atoms with van der Waals surface area (Å²) in [6, 6.07) is -1.92. The predicted molar refractivity (Wildman–Crippen MR) is 34.9 cm³/mol. The fraction of sp³-hybridized carbons (Fsp3) is 0.833. The molecule has 1 rings (SSSR count). The van der Waals surface area contributed by atoms with Crippen molar-refractivity contribution in [2.75, 3.05) is 19.5 Å². The molecule has 0 aromatic rings. The molecule has 1 heterocycles. The molecule has 0 radical (unpaired) electrons. The van der Waals surface area contributed by atoms with Gasteiger partial charge >= 0.3 is 0 Å². The monoisotopic (exact) mass is 134 g/mol. The molecule has 0 spiro atoms. The van der Waals surface area contributed by atoms with E-state index < -0.39 is 31.9 Å². The molecule has 0 saturated carbocycles. The van der Waals surface area contributed by atoms with Gasteiger partial charge in [0.15, 0.2) is 0 Å². The quantitative estimate of drug-likeness (QED) is 0.506. The number of hydrogen-bond acceptors (Lipinski definition) is 3. The van der Waals surface area contributed by atoms with Gasteiger partial charge in [0.25, 0.3) is 0 Å². The zero-order chi connectivity index (χ0) is 14.6. The van der Waals surface area contributed by atoms with Crippen LogP contribution in [0.1, 0.15) is 18.7 Å². The molecule has 1 aliphatic heterocycles. The molecular weight excluding hydrogens is 114 g/mol. The third-order valence-corrected chi connectivity index (χ3v) is 0.681. The van der Waals surface area contributed by atoms with Crippen molar-refractivity contribution in [2.24, 2.45) is 0 Å². The largest absolute Gasteiger partial charge is 0.314 e. The Balaban J connectivity index is 3.36. The summed E-state index contributed by atoms with van der Waals surface area (Å²) in [6.45, 7) is -8.79. The Bertz CT molecular complexity index is 400. The van der Waals surface area contributed by atoms with Gasteiger partial charge in [-0.15, -0.1) is 0 Å². The molecule has 0 aliphatic carbocycles. The van der Waals surface area contributed by atoms with Crippen LogP contribution in [-0.2, 0) is 0 Å². The molecule has 0 aromatic heterocycles. The minimum absolute atomic E-state index is 1.09. The summed E-state index contributed by atoms with van der Waals surface area (Å²) in [5, 5.41) is 11.9. The molecule has 0 bridgehead atoms. The van der Waals surface area contributed by atoms with E-state index in [1.165, 1.54) is 0 Å². The molecule has 1 fully saturated rings. The van der Waals surface area contributed by atoms with E-state index in [9.17, 15) is 0 Å². The smallest absolute Gasteiger partial charge is 0.0638 e. The van der Waals surface area contributed by atoms with Crippen molar-refractivity contribution in [3.8, 4) is 6.07 Å². The zero-order valence-electron chi connectivity index (χ0n) is 13.4. The summed E-state index contributed by atoms with van der Waals surface area (Å²) >= 11 is 0. The average molecular weight is 134 g/mol. The number of piperazine rings is 1. The van der Waals surface area contributed by atoms with Gasteiger partial charge < -0.3 is 10.6 Å². The standard InChI is InChI=1S/C6H11N3/c7-2-1-6-5-8-3-4-9-6/h6,8-9H,1,3-5H2/i1D2,3D2,4D2,5D2,6D. The van der Waals surface area contributed by atoms with Crippen LogP contribution in [0.4, 0.5) is 0 Å². The number of nitrogens with zero attached hydrogens (tertiary/aromatic N) is 1. The number of rotatable bonds is 1. The summed E-state index contributed by atoms with van der Waals surface area (Å²) in [6.07, 6.45) is -3.08. The van der Waals surface area contributed by atoms with Crippen LogP contribution in [0.25, 0.3) is 0 Å². The highest BCUT2D eigenvalue weighted by atomic mass is 15.0. The highest BCUT2D eigenvalue weighted by molar-refractivity contribution is 4.84. The van der Waals surface area contributed by atoms with Crippen molar-refractivity contribution in [3.05, 3.63) is 0 Å². The average Bonchev–Trinajstić information content (AvgIpc) is 2.12. The summed E-state index contributed by atoms with van der Waals surface area (Å²) in [7, 11) is 0. The van der Waals surface area contributed by atoms with Gasteiger partial charge in [0.05, 0.1) is 12.4 Å². The van der Waals surface area contributed by atoms with Gasteiger partial charge in [-0.3, -0.25) is 0 Å². The molecule has 1 unspecified atom stereocenters. The molecule has 1 aliphatic rings. The summed E-state index contributed by atoms with van der Waals surface area (Å²) in [4.78, 5) is 0. The van der Waals surface area contributed by atoms with E-state index >= 15 is 0 Å². The van der Waals surface area contributed by atoms with Crippen LogP contribution in [0, 0.1) is 11.3 Å². The lowest BCUT2D eigenvalue weighted by Crippen LogP contribution is -2.47. The second kappa shape index (κ2) is 3.44. The third-order valence-electron chi connectivity index (χ3n) is 0.681. The Morgan fingerprint density at radius 3 is 3.67 bits per heavy atom. The minimum Gasteiger partial charge on any atom is -0.314 e. The first-order valence-corrected chi connectivity index (χ1v) is 2.22. The van der Waals surface area contributed by atoms with E-state index in [1.807, 2.05) is 0 Å². The lowest BCUT2D eigenvalue weighted by molar-refractivity contribution is 0.423. The van der Waals surface area contributed by atoms with E-state index in [1.54, 1.807) is 10.6 Å². The molecular formula is C6H11N3. The van der Waals surface area contributed by atoms with Crippen molar-refractivity contribution in [3.63, 3.8) is 0 Å². The van der Waals surface area contributed by atoms with Crippen molar-refractivity contribution >= 4 is 0 Å². The SMILES string of the molecule is [2H]C([2H])(C#N)C1([2H])NC([2H])([2H])C([2H])([2H])NC1([2H])[2H]. The van der Waals surface area contributed by atoms with Crippen LogP contribution in [0.5, 0.6) is 0 Å². The van der Waals surface area contributed by atoms with Gasteiger partial charge in [-0.1, -0.05) is 0 Å². The van der Waals surface area contributed by atoms with Crippen LogP contribution >= 0.6 is 0 Å². The van der Waals surface area contributed by atoms with E-state index in [-0.39, 0.29) is 0 Å². The lowest BCUT2D eigenvalue weighted by Gasteiger charge is -2.21. The zero-order valence-corrected chi connectivity index (χ0v) is 4.45. The minimum atomic E-state index is -3.08. The molecule has 50 valence electrons. The summed E-state index contributed by atoms with van der Waals surface area (Å²) < 4.78 is 66.7. The van der Waals surface area contributed by atoms with Crippen LogP contribution in [0.3, 0.4) is 0 Å². The van der Waals surface area contributed by atoms with Crippen LogP contribution < -0.4 is 10.6 Å². The fourth-order valence-corrected chi connectivity index (χ4v) is 0.368. The molecule has 0 aromatic carbocycles.